The van der Waals surface area contributed by atoms with Crippen molar-refractivity contribution in [2.24, 2.45) is 17.8 Å². The summed E-state index contributed by atoms with van der Waals surface area (Å²) >= 11 is 0. The van der Waals surface area contributed by atoms with E-state index in [4.69, 9.17) is 4.74 Å². The highest BCUT2D eigenvalue weighted by Crippen LogP contribution is 2.53. The Kier molecular flexibility index (Phi) is 3.36. The van der Waals surface area contributed by atoms with E-state index < -0.39 is 0 Å². The molecule has 2 saturated carbocycles. The van der Waals surface area contributed by atoms with Crippen LogP contribution in [0, 0.1) is 17.8 Å². The minimum Gasteiger partial charge on any atom is -0.462 e. The third kappa shape index (κ3) is 2.02. The summed E-state index contributed by atoms with van der Waals surface area (Å²) in [4.78, 5) is 11.1. The molecule has 0 aromatic heterocycles. The van der Waals surface area contributed by atoms with Crippen LogP contribution in [0.3, 0.4) is 0 Å². The van der Waals surface area contributed by atoms with Crippen molar-refractivity contribution in [1.82, 2.24) is 0 Å². The second kappa shape index (κ2) is 4.60. The van der Waals surface area contributed by atoms with Crippen molar-refractivity contribution in [3.8, 4) is 0 Å². The van der Waals surface area contributed by atoms with Crippen molar-refractivity contribution in [2.75, 3.05) is 0 Å². The lowest BCUT2D eigenvalue weighted by atomic mass is 9.80. The molecular weight excluding hydrogens is 200 g/mol. The van der Waals surface area contributed by atoms with Gasteiger partial charge in [-0.1, -0.05) is 18.6 Å². The van der Waals surface area contributed by atoms with Gasteiger partial charge in [0.25, 0.3) is 0 Å². The largest absolute Gasteiger partial charge is 0.462 e. The fourth-order valence-corrected chi connectivity index (χ4v) is 3.69. The second-order valence-electron chi connectivity index (χ2n) is 5.23. The van der Waals surface area contributed by atoms with Gasteiger partial charge in [-0.05, 0) is 44.4 Å². The Morgan fingerprint density at radius 2 is 2.31 bits per heavy atom. The standard InChI is InChI=1S/C14H22O2/c1-4-11-6-10-7-12(11)13(8-10)14(5-2)16-9(3)15/h4,10,12-14H,5-8H2,1-3H3/t10-,12-,13?,14?/m1/s1. The van der Waals surface area contributed by atoms with Gasteiger partial charge in [0, 0.05) is 12.8 Å². The van der Waals surface area contributed by atoms with Gasteiger partial charge in [-0.25, -0.2) is 0 Å². The van der Waals surface area contributed by atoms with Crippen LogP contribution in [-0.2, 0) is 9.53 Å². The van der Waals surface area contributed by atoms with Crippen LogP contribution in [0.25, 0.3) is 0 Å². The summed E-state index contributed by atoms with van der Waals surface area (Å²) in [5.41, 5.74) is 1.60. The molecule has 0 spiro atoms. The third-order valence-electron chi connectivity index (χ3n) is 4.28. The van der Waals surface area contributed by atoms with Gasteiger partial charge in [-0.2, -0.15) is 0 Å². The average molecular weight is 222 g/mol. The van der Waals surface area contributed by atoms with E-state index in [2.05, 4.69) is 19.9 Å². The monoisotopic (exact) mass is 222 g/mol. The molecule has 2 heteroatoms. The van der Waals surface area contributed by atoms with Crippen molar-refractivity contribution in [1.29, 1.82) is 0 Å². The van der Waals surface area contributed by atoms with Crippen LogP contribution in [0.4, 0.5) is 0 Å². The van der Waals surface area contributed by atoms with E-state index in [1.165, 1.54) is 26.2 Å². The van der Waals surface area contributed by atoms with Crippen LogP contribution in [0.2, 0.25) is 0 Å². The maximum atomic E-state index is 11.1. The number of carbonyl (C=O) groups excluding carboxylic acids is 1. The normalized spacial score (nSPS) is 36.7. The molecule has 2 rings (SSSR count). The summed E-state index contributed by atoms with van der Waals surface area (Å²) in [6, 6.07) is 0. The fourth-order valence-electron chi connectivity index (χ4n) is 3.69. The van der Waals surface area contributed by atoms with Crippen LogP contribution in [0.5, 0.6) is 0 Å². The Hall–Kier alpha value is -0.790. The van der Waals surface area contributed by atoms with Crippen molar-refractivity contribution < 1.29 is 9.53 Å². The van der Waals surface area contributed by atoms with Gasteiger partial charge in [0.1, 0.15) is 6.10 Å². The first kappa shape index (κ1) is 11.7. The van der Waals surface area contributed by atoms with Gasteiger partial charge < -0.3 is 4.74 Å². The van der Waals surface area contributed by atoms with Crippen LogP contribution in [0.1, 0.15) is 46.5 Å². The average Bonchev–Trinajstić information content (AvgIpc) is 2.84. The zero-order chi connectivity index (χ0) is 11.7. The van der Waals surface area contributed by atoms with Crippen molar-refractivity contribution >= 4 is 5.97 Å². The molecule has 0 aromatic carbocycles. The molecule has 4 atom stereocenters. The highest BCUT2D eigenvalue weighted by atomic mass is 16.5. The molecule has 2 aliphatic rings. The van der Waals surface area contributed by atoms with E-state index in [-0.39, 0.29) is 12.1 Å². The first-order chi connectivity index (χ1) is 7.65. The topological polar surface area (TPSA) is 26.3 Å². The Labute approximate surface area is 98.1 Å². The summed E-state index contributed by atoms with van der Waals surface area (Å²) in [7, 11) is 0. The highest BCUT2D eigenvalue weighted by Gasteiger charge is 2.46. The molecule has 2 bridgehead atoms. The summed E-state index contributed by atoms with van der Waals surface area (Å²) in [6.45, 7) is 5.78. The van der Waals surface area contributed by atoms with Crippen LogP contribution in [0.15, 0.2) is 11.6 Å². The van der Waals surface area contributed by atoms with E-state index in [1.807, 2.05) is 0 Å². The maximum Gasteiger partial charge on any atom is 0.302 e. The summed E-state index contributed by atoms with van der Waals surface area (Å²) in [5.74, 6) is 2.00. The predicted octanol–water partition coefficient (Wildman–Crippen LogP) is 3.32. The second-order valence-corrected chi connectivity index (χ2v) is 5.23. The number of carbonyl (C=O) groups is 1. The summed E-state index contributed by atoms with van der Waals surface area (Å²) in [6.07, 6.45) is 7.23. The first-order valence-corrected chi connectivity index (χ1v) is 6.48. The maximum absolute atomic E-state index is 11.1. The number of ether oxygens (including phenoxy) is 1. The number of esters is 1. The molecule has 0 saturated heterocycles. The van der Waals surface area contributed by atoms with Crippen LogP contribution in [-0.4, -0.2) is 12.1 Å². The molecular formula is C14H22O2. The van der Waals surface area contributed by atoms with Gasteiger partial charge in [0.2, 0.25) is 0 Å². The van der Waals surface area contributed by atoms with Crippen molar-refractivity contribution in [3.63, 3.8) is 0 Å². The highest BCUT2D eigenvalue weighted by molar-refractivity contribution is 5.66. The van der Waals surface area contributed by atoms with Gasteiger partial charge in [0.05, 0.1) is 0 Å². The summed E-state index contributed by atoms with van der Waals surface area (Å²) < 4.78 is 5.46. The molecule has 16 heavy (non-hydrogen) atoms. The molecule has 90 valence electrons. The quantitative estimate of drug-likeness (QED) is 0.541. The lowest BCUT2D eigenvalue weighted by molar-refractivity contribution is -0.150. The lowest BCUT2D eigenvalue weighted by Crippen LogP contribution is -2.30. The number of hydrogen-bond acceptors (Lipinski definition) is 2. The Balaban J connectivity index is 2.07. The molecule has 2 unspecified atom stereocenters. The number of allylic oxidation sites excluding steroid dienone is 2. The van der Waals surface area contributed by atoms with E-state index in [1.54, 1.807) is 5.57 Å². The molecule has 0 radical (unpaired) electrons. The number of rotatable bonds is 3. The van der Waals surface area contributed by atoms with E-state index in [0.29, 0.717) is 11.8 Å². The molecule has 2 nitrogen and oxygen atoms in total. The molecule has 2 fully saturated rings. The van der Waals surface area contributed by atoms with E-state index >= 15 is 0 Å². The fraction of sp³-hybridized carbons (Fsp3) is 0.786. The minimum absolute atomic E-state index is 0.128. The third-order valence-corrected chi connectivity index (χ3v) is 4.28. The van der Waals surface area contributed by atoms with E-state index in [0.717, 1.165) is 12.3 Å². The van der Waals surface area contributed by atoms with Crippen molar-refractivity contribution in [3.05, 3.63) is 11.6 Å². The molecule has 0 aliphatic heterocycles. The first-order valence-electron chi connectivity index (χ1n) is 6.48. The molecule has 0 amide bonds. The smallest absolute Gasteiger partial charge is 0.302 e. The predicted molar refractivity (Wildman–Crippen MR) is 63.9 cm³/mol. The molecule has 0 heterocycles. The zero-order valence-corrected chi connectivity index (χ0v) is 10.5. The van der Waals surface area contributed by atoms with Crippen molar-refractivity contribution in [2.45, 2.75) is 52.6 Å². The van der Waals surface area contributed by atoms with Gasteiger partial charge >= 0.3 is 5.97 Å². The van der Waals surface area contributed by atoms with Crippen LogP contribution < -0.4 is 0 Å². The Morgan fingerprint density at radius 1 is 1.56 bits per heavy atom. The van der Waals surface area contributed by atoms with Gasteiger partial charge in [-0.3, -0.25) is 4.79 Å². The molecule has 2 aliphatic carbocycles. The van der Waals surface area contributed by atoms with Gasteiger partial charge in [-0.15, -0.1) is 0 Å². The SMILES string of the molecule is CC=C1C[C@H]2CC(C(CC)OC(C)=O)[C@@H]1C2. The minimum atomic E-state index is -0.128. The molecule has 0 aromatic rings. The van der Waals surface area contributed by atoms with E-state index in [9.17, 15) is 4.79 Å². The van der Waals surface area contributed by atoms with Gasteiger partial charge in [0.15, 0.2) is 0 Å². The summed E-state index contributed by atoms with van der Waals surface area (Å²) in [5, 5.41) is 0. The Bertz CT molecular complexity index is 306. The van der Waals surface area contributed by atoms with Crippen LogP contribution >= 0.6 is 0 Å². The number of fused-ring (bicyclic) bond motifs is 2. The Morgan fingerprint density at radius 3 is 2.81 bits per heavy atom. The molecule has 0 N–H and O–H groups in total. The lowest BCUT2D eigenvalue weighted by Gasteiger charge is -2.30. The number of hydrogen-bond donors (Lipinski definition) is 0. The zero-order valence-electron chi connectivity index (χ0n) is 10.5.